The quantitative estimate of drug-likeness (QED) is 0.214. The van der Waals surface area contributed by atoms with Crippen LogP contribution in [0.4, 0.5) is 0 Å². The van der Waals surface area contributed by atoms with Crippen LogP contribution in [0, 0.1) is 25.2 Å². The van der Waals surface area contributed by atoms with Crippen LogP contribution in [0.15, 0.2) is 118 Å². The average molecular weight is 553 g/mol. The Bertz CT molecular complexity index is 2600. The maximum absolute atomic E-state index is 10.3. The topological polar surface area (TPSA) is 55.0 Å². The number of hydrogen-bond donors (Lipinski definition) is 0. The summed E-state index contributed by atoms with van der Waals surface area (Å²) in [7, 11) is 0. The Kier molecular flexibility index (Phi) is 4.78. The number of fused-ring (bicyclic) bond motifs is 9. The molecule has 202 valence electrons. The van der Waals surface area contributed by atoms with Crippen LogP contribution >= 0.6 is 0 Å². The number of furan rings is 2. The van der Waals surface area contributed by atoms with Crippen molar-refractivity contribution in [2.24, 2.45) is 0 Å². The van der Waals surface area contributed by atoms with Crippen molar-refractivity contribution >= 4 is 65.7 Å². The van der Waals surface area contributed by atoms with Gasteiger partial charge in [0.25, 0.3) is 0 Å². The van der Waals surface area contributed by atoms with Crippen molar-refractivity contribution in [3.63, 3.8) is 0 Å². The second-order valence-corrected chi connectivity index (χ2v) is 11.5. The van der Waals surface area contributed by atoms with Crippen molar-refractivity contribution in [1.29, 1.82) is 5.26 Å². The van der Waals surface area contributed by atoms with E-state index in [4.69, 9.17) is 8.83 Å². The number of para-hydroxylation sites is 2. The lowest BCUT2D eigenvalue weighted by Crippen LogP contribution is -1.94. The molecule has 0 aliphatic heterocycles. The summed E-state index contributed by atoms with van der Waals surface area (Å²) in [6, 6.07) is 40.3. The molecule has 0 fully saturated rings. The zero-order valence-electron chi connectivity index (χ0n) is 23.6. The van der Waals surface area contributed by atoms with Gasteiger partial charge in [-0.3, -0.25) is 0 Å². The molecule has 6 aromatic carbocycles. The minimum absolute atomic E-state index is 0.514. The molecule has 9 aromatic rings. The number of hydrogen-bond acceptors (Lipinski definition) is 3. The lowest BCUT2D eigenvalue weighted by Gasteiger charge is -2.08. The maximum Gasteiger partial charge on any atom is 0.159 e. The van der Waals surface area contributed by atoms with Gasteiger partial charge in [-0.2, -0.15) is 5.26 Å². The van der Waals surface area contributed by atoms with Crippen molar-refractivity contribution in [3.8, 4) is 22.9 Å². The van der Waals surface area contributed by atoms with Crippen molar-refractivity contribution in [2.45, 2.75) is 13.8 Å². The van der Waals surface area contributed by atoms with E-state index >= 15 is 0 Å². The highest BCUT2D eigenvalue weighted by atomic mass is 16.3. The number of nitriles is 1. The van der Waals surface area contributed by atoms with Crippen molar-refractivity contribution in [2.75, 3.05) is 0 Å². The fourth-order valence-corrected chi connectivity index (χ4v) is 6.73. The first-order chi connectivity index (χ1) is 21.1. The fourth-order valence-electron chi connectivity index (χ4n) is 6.73. The standard InChI is InChI=1S/C39H24N2O2/c1-22-10-13-33-29(16-22)30-17-23(2)11-14-34(30)41(33)35-8-5-7-28-32-20-25(18-26(21-40)38(32)43-39(28)35)24-12-15-37-31(19-24)27-6-3-4-9-36(27)42-37/h3-20H,1-2H3. The zero-order valence-corrected chi connectivity index (χ0v) is 23.6. The van der Waals surface area contributed by atoms with Crippen LogP contribution in [0.2, 0.25) is 0 Å². The van der Waals surface area contributed by atoms with Gasteiger partial charge in [0.15, 0.2) is 11.2 Å². The maximum atomic E-state index is 10.3. The van der Waals surface area contributed by atoms with Gasteiger partial charge in [-0.1, -0.05) is 59.7 Å². The predicted octanol–water partition coefficient (Wildman–Crippen LogP) is 10.7. The summed E-state index contributed by atoms with van der Waals surface area (Å²) in [6.07, 6.45) is 0. The van der Waals surface area contributed by atoms with Gasteiger partial charge in [-0.15, -0.1) is 0 Å². The molecule has 0 unspecified atom stereocenters. The molecule has 9 rings (SSSR count). The number of nitrogens with zero attached hydrogens (tertiary/aromatic N) is 2. The highest BCUT2D eigenvalue weighted by Crippen LogP contribution is 2.41. The first kappa shape index (κ1) is 23.9. The van der Waals surface area contributed by atoms with E-state index in [9.17, 15) is 5.26 Å². The van der Waals surface area contributed by atoms with E-state index in [1.54, 1.807) is 0 Å². The lowest BCUT2D eigenvalue weighted by atomic mass is 9.98. The van der Waals surface area contributed by atoms with Gasteiger partial charge >= 0.3 is 0 Å². The first-order valence-electron chi connectivity index (χ1n) is 14.4. The van der Waals surface area contributed by atoms with Crippen molar-refractivity contribution in [3.05, 3.63) is 126 Å². The van der Waals surface area contributed by atoms with Crippen molar-refractivity contribution in [1.82, 2.24) is 4.57 Å². The smallest absolute Gasteiger partial charge is 0.159 e. The molecule has 0 bridgehead atoms. The van der Waals surface area contributed by atoms with Gasteiger partial charge in [-0.25, -0.2) is 0 Å². The summed E-state index contributed by atoms with van der Waals surface area (Å²) in [5, 5.41) is 16.7. The van der Waals surface area contributed by atoms with Crippen LogP contribution in [0.5, 0.6) is 0 Å². The molecular formula is C39H24N2O2. The van der Waals surface area contributed by atoms with Crippen LogP contribution < -0.4 is 0 Å². The number of aryl methyl sites for hydroxylation is 2. The van der Waals surface area contributed by atoms with Crippen LogP contribution in [0.3, 0.4) is 0 Å². The molecule has 0 atom stereocenters. The highest BCUT2D eigenvalue weighted by molar-refractivity contribution is 6.14. The first-order valence-corrected chi connectivity index (χ1v) is 14.4. The van der Waals surface area contributed by atoms with E-state index < -0.39 is 0 Å². The van der Waals surface area contributed by atoms with Gasteiger partial charge < -0.3 is 13.4 Å². The normalized spacial score (nSPS) is 11.9. The Labute approximate surface area is 246 Å². The molecule has 3 heterocycles. The molecule has 0 aliphatic carbocycles. The minimum atomic E-state index is 0.514. The largest absolute Gasteiger partial charge is 0.456 e. The van der Waals surface area contributed by atoms with E-state index in [1.807, 2.05) is 30.3 Å². The van der Waals surface area contributed by atoms with E-state index in [0.717, 1.165) is 66.1 Å². The van der Waals surface area contributed by atoms with E-state index in [2.05, 4.69) is 103 Å². The molecule has 0 N–H and O–H groups in total. The summed E-state index contributed by atoms with van der Waals surface area (Å²) >= 11 is 0. The average Bonchev–Trinajstić information content (AvgIpc) is 3.69. The molecule has 0 saturated heterocycles. The molecule has 0 amide bonds. The molecule has 0 saturated carbocycles. The third-order valence-corrected chi connectivity index (χ3v) is 8.72. The molecular weight excluding hydrogens is 528 g/mol. The molecule has 0 aliphatic rings. The van der Waals surface area contributed by atoms with Crippen LogP contribution in [0.1, 0.15) is 16.7 Å². The summed E-state index contributed by atoms with van der Waals surface area (Å²) in [4.78, 5) is 0. The summed E-state index contributed by atoms with van der Waals surface area (Å²) < 4.78 is 15.0. The second kappa shape index (κ2) is 8.61. The van der Waals surface area contributed by atoms with Gasteiger partial charge in [-0.05, 0) is 85.6 Å². The Hall–Kier alpha value is -5.79. The molecule has 3 aromatic heterocycles. The zero-order chi connectivity index (χ0) is 28.8. The number of rotatable bonds is 2. The van der Waals surface area contributed by atoms with E-state index in [1.165, 1.54) is 21.9 Å². The van der Waals surface area contributed by atoms with Gasteiger partial charge in [0.1, 0.15) is 17.2 Å². The third-order valence-electron chi connectivity index (χ3n) is 8.72. The predicted molar refractivity (Wildman–Crippen MR) is 175 cm³/mol. The summed E-state index contributed by atoms with van der Waals surface area (Å²) in [5.74, 6) is 0. The van der Waals surface area contributed by atoms with Crippen LogP contribution in [0.25, 0.3) is 82.5 Å². The third kappa shape index (κ3) is 3.37. The summed E-state index contributed by atoms with van der Waals surface area (Å²) in [6.45, 7) is 4.26. The van der Waals surface area contributed by atoms with Crippen LogP contribution in [-0.4, -0.2) is 4.57 Å². The monoisotopic (exact) mass is 552 g/mol. The number of benzene rings is 6. The van der Waals surface area contributed by atoms with E-state index in [0.29, 0.717) is 11.1 Å². The van der Waals surface area contributed by atoms with Crippen LogP contribution in [-0.2, 0) is 0 Å². The molecule has 43 heavy (non-hydrogen) atoms. The van der Waals surface area contributed by atoms with Gasteiger partial charge in [0.2, 0.25) is 0 Å². The lowest BCUT2D eigenvalue weighted by molar-refractivity contribution is 0.665. The van der Waals surface area contributed by atoms with Gasteiger partial charge in [0.05, 0.1) is 22.3 Å². The SMILES string of the molecule is Cc1ccc2c(c1)c1cc(C)ccc1n2-c1cccc2c1oc1c(C#N)cc(-c3ccc4oc5ccccc5c4c3)cc12. The Morgan fingerprint density at radius 2 is 1.23 bits per heavy atom. The molecule has 0 spiro atoms. The molecule has 4 nitrogen and oxygen atoms in total. The molecule has 0 radical (unpaired) electrons. The Morgan fingerprint density at radius 3 is 2.00 bits per heavy atom. The van der Waals surface area contributed by atoms with E-state index in [-0.39, 0.29) is 0 Å². The highest BCUT2D eigenvalue weighted by Gasteiger charge is 2.20. The second-order valence-electron chi connectivity index (χ2n) is 11.5. The fraction of sp³-hybridized carbons (Fsp3) is 0.0513. The number of aromatic nitrogens is 1. The minimum Gasteiger partial charge on any atom is -0.456 e. The summed E-state index contributed by atoms with van der Waals surface area (Å²) in [5.41, 5.74) is 11.3. The molecule has 4 heteroatoms. The van der Waals surface area contributed by atoms with Gasteiger partial charge in [0, 0.05) is 32.3 Å². The Morgan fingerprint density at radius 1 is 0.535 bits per heavy atom. The van der Waals surface area contributed by atoms with Crippen molar-refractivity contribution < 1.29 is 8.83 Å². The Balaban J connectivity index is 1.32.